The zero-order valence-corrected chi connectivity index (χ0v) is 8.45. The molecule has 0 radical (unpaired) electrons. The first kappa shape index (κ1) is 9.63. The molecule has 1 aromatic heterocycles. The number of anilines is 1. The molecule has 0 aliphatic rings. The van der Waals surface area contributed by atoms with Crippen molar-refractivity contribution in [3.05, 3.63) is 41.1 Å². The van der Waals surface area contributed by atoms with Gasteiger partial charge < -0.3 is 10.2 Å². The van der Waals surface area contributed by atoms with Crippen LogP contribution in [0, 0.1) is 11.3 Å². The summed E-state index contributed by atoms with van der Waals surface area (Å²) in [6.07, 6.45) is 0. The molecule has 0 amide bonds. The van der Waals surface area contributed by atoms with Gasteiger partial charge in [0, 0.05) is 16.3 Å². The van der Waals surface area contributed by atoms with E-state index in [1.807, 2.05) is 6.07 Å². The van der Waals surface area contributed by atoms with E-state index in [1.54, 1.807) is 30.3 Å². The average molecular weight is 219 g/mol. The number of nitrogens with two attached hydrogens (primary N) is 1. The van der Waals surface area contributed by atoms with Gasteiger partial charge in [0.05, 0.1) is 0 Å². The Kier molecular flexibility index (Phi) is 2.36. The molecule has 0 spiro atoms. The Morgan fingerprint density at radius 3 is 2.67 bits per heavy atom. The summed E-state index contributed by atoms with van der Waals surface area (Å²) in [6.45, 7) is 0. The standard InChI is InChI=1S/C11H7ClN2O/c12-7-1-3-9(10(14)5-7)11-4-2-8(6-13)15-11/h1-5H,14H2. The van der Waals surface area contributed by atoms with Gasteiger partial charge in [0.15, 0.2) is 0 Å². The summed E-state index contributed by atoms with van der Waals surface area (Å²) in [5.41, 5.74) is 7.04. The van der Waals surface area contributed by atoms with Crippen molar-refractivity contribution in [2.75, 3.05) is 5.73 Å². The molecule has 0 fully saturated rings. The molecule has 2 aromatic rings. The molecule has 0 saturated carbocycles. The van der Waals surface area contributed by atoms with E-state index in [-0.39, 0.29) is 5.76 Å². The Morgan fingerprint density at radius 2 is 2.07 bits per heavy atom. The summed E-state index contributed by atoms with van der Waals surface area (Å²) < 4.78 is 5.26. The maximum atomic E-state index is 8.62. The first-order valence-corrected chi connectivity index (χ1v) is 4.64. The Labute approximate surface area is 91.7 Å². The summed E-state index contributed by atoms with van der Waals surface area (Å²) in [5.74, 6) is 0.833. The van der Waals surface area contributed by atoms with Crippen LogP contribution in [0.15, 0.2) is 34.7 Å². The van der Waals surface area contributed by atoms with Gasteiger partial charge in [0.1, 0.15) is 11.8 Å². The largest absolute Gasteiger partial charge is 0.446 e. The first-order valence-electron chi connectivity index (χ1n) is 4.26. The molecule has 0 unspecified atom stereocenters. The maximum Gasteiger partial charge on any atom is 0.204 e. The predicted molar refractivity (Wildman–Crippen MR) is 58.3 cm³/mol. The van der Waals surface area contributed by atoms with Crippen molar-refractivity contribution in [3.63, 3.8) is 0 Å². The number of nitriles is 1. The number of hydrogen-bond acceptors (Lipinski definition) is 3. The number of nitrogen functional groups attached to an aromatic ring is 1. The molecule has 0 bridgehead atoms. The van der Waals surface area contributed by atoms with Crippen LogP contribution in [0.1, 0.15) is 5.76 Å². The van der Waals surface area contributed by atoms with Crippen molar-refractivity contribution in [1.82, 2.24) is 0 Å². The minimum absolute atomic E-state index is 0.263. The fraction of sp³-hybridized carbons (Fsp3) is 0. The molecule has 0 atom stereocenters. The highest BCUT2D eigenvalue weighted by Gasteiger charge is 2.07. The van der Waals surface area contributed by atoms with Gasteiger partial charge >= 0.3 is 0 Å². The van der Waals surface area contributed by atoms with Crippen LogP contribution >= 0.6 is 11.6 Å². The topological polar surface area (TPSA) is 63.0 Å². The fourth-order valence-corrected chi connectivity index (χ4v) is 1.48. The average Bonchev–Trinajstić information content (AvgIpc) is 2.66. The van der Waals surface area contributed by atoms with Crippen LogP contribution in [0.5, 0.6) is 0 Å². The van der Waals surface area contributed by atoms with E-state index in [9.17, 15) is 0 Å². The minimum atomic E-state index is 0.263. The van der Waals surface area contributed by atoms with E-state index in [1.165, 1.54) is 0 Å². The minimum Gasteiger partial charge on any atom is -0.446 e. The van der Waals surface area contributed by atoms with Crippen molar-refractivity contribution in [1.29, 1.82) is 5.26 Å². The lowest BCUT2D eigenvalue weighted by molar-refractivity contribution is 0.567. The van der Waals surface area contributed by atoms with Gasteiger partial charge in [0.2, 0.25) is 5.76 Å². The van der Waals surface area contributed by atoms with Crippen molar-refractivity contribution in [2.45, 2.75) is 0 Å². The Bertz CT molecular complexity index is 540. The molecule has 0 saturated heterocycles. The lowest BCUT2D eigenvalue weighted by Gasteiger charge is -2.01. The Balaban J connectivity index is 2.50. The summed E-state index contributed by atoms with van der Waals surface area (Å²) >= 11 is 5.77. The van der Waals surface area contributed by atoms with Gasteiger partial charge in [-0.1, -0.05) is 11.6 Å². The summed E-state index contributed by atoms with van der Waals surface area (Å²) in [7, 11) is 0. The molecular weight excluding hydrogens is 212 g/mol. The summed E-state index contributed by atoms with van der Waals surface area (Å²) in [5, 5.41) is 9.19. The molecule has 2 N–H and O–H groups in total. The number of furan rings is 1. The Morgan fingerprint density at radius 1 is 1.27 bits per heavy atom. The van der Waals surface area contributed by atoms with Crippen molar-refractivity contribution < 1.29 is 4.42 Å². The smallest absolute Gasteiger partial charge is 0.204 e. The molecule has 3 nitrogen and oxygen atoms in total. The second-order valence-electron chi connectivity index (χ2n) is 3.01. The Hall–Kier alpha value is -1.92. The quantitative estimate of drug-likeness (QED) is 0.749. The van der Waals surface area contributed by atoms with Gasteiger partial charge in [-0.3, -0.25) is 0 Å². The second-order valence-corrected chi connectivity index (χ2v) is 3.44. The summed E-state index contributed by atoms with van der Waals surface area (Å²) in [4.78, 5) is 0. The van der Waals surface area contributed by atoms with Gasteiger partial charge in [-0.05, 0) is 30.3 Å². The van der Waals surface area contributed by atoms with Crippen molar-refractivity contribution in [3.8, 4) is 17.4 Å². The molecule has 2 rings (SSSR count). The third kappa shape index (κ3) is 1.80. The van der Waals surface area contributed by atoms with Crippen LogP contribution in [0.2, 0.25) is 5.02 Å². The first-order chi connectivity index (χ1) is 7.20. The van der Waals surface area contributed by atoms with Crippen LogP contribution in [0.4, 0.5) is 5.69 Å². The second kappa shape index (κ2) is 3.68. The van der Waals surface area contributed by atoms with Crippen LogP contribution in [-0.2, 0) is 0 Å². The fourth-order valence-electron chi connectivity index (χ4n) is 1.30. The monoisotopic (exact) mass is 218 g/mol. The lowest BCUT2D eigenvalue weighted by atomic mass is 10.1. The molecule has 0 aliphatic heterocycles. The third-order valence-corrected chi connectivity index (χ3v) is 2.23. The summed E-state index contributed by atoms with van der Waals surface area (Å²) in [6, 6.07) is 10.4. The number of hydrogen-bond donors (Lipinski definition) is 1. The zero-order valence-electron chi connectivity index (χ0n) is 7.70. The van der Waals surface area contributed by atoms with Gasteiger partial charge in [0.25, 0.3) is 0 Å². The van der Waals surface area contributed by atoms with Crippen LogP contribution in [-0.4, -0.2) is 0 Å². The van der Waals surface area contributed by atoms with Gasteiger partial charge in [-0.2, -0.15) is 5.26 Å². The van der Waals surface area contributed by atoms with Crippen molar-refractivity contribution >= 4 is 17.3 Å². The van der Waals surface area contributed by atoms with E-state index < -0.39 is 0 Å². The van der Waals surface area contributed by atoms with Crippen LogP contribution in [0.3, 0.4) is 0 Å². The molecule has 1 heterocycles. The molecule has 4 heteroatoms. The third-order valence-electron chi connectivity index (χ3n) is 2.00. The highest BCUT2D eigenvalue weighted by atomic mass is 35.5. The number of nitrogens with zero attached hydrogens (tertiary/aromatic N) is 1. The van der Waals surface area contributed by atoms with Gasteiger partial charge in [-0.15, -0.1) is 0 Å². The number of halogens is 1. The molecular formula is C11H7ClN2O. The normalized spacial score (nSPS) is 9.87. The van der Waals surface area contributed by atoms with Crippen LogP contribution < -0.4 is 5.73 Å². The van der Waals surface area contributed by atoms with E-state index in [0.29, 0.717) is 16.5 Å². The molecule has 15 heavy (non-hydrogen) atoms. The van der Waals surface area contributed by atoms with E-state index in [0.717, 1.165) is 5.56 Å². The predicted octanol–water partition coefficient (Wildman–Crippen LogP) is 3.05. The highest BCUT2D eigenvalue weighted by Crippen LogP contribution is 2.29. The molecule has 74 valence electrons. The number of rotatable bonds is 1. The number of benzene rings is 1. The van der Waals surface area contributed by atoms with Crippen molar-refractivity contribution in [2.24, 2.45) is 0 Å². The van der Waals surface area contributed by atoms with E-state index in [4.69, 9.17) is 27.0 Å². The van der Waals surface area contributed by atoms with E-state index >= 15 is 0 Å². The van der Waals surface area contributed by atoms with Gasteiger partial charge in [-0.25, -0.2) is 0 Å². The lowest BCUT2D eigenvalue weighted by Crippen LogP contribution is -1.88. The molecule has 0 aliphatic carbocycles. The van der Waals surface area contributed by atoms with E-state index in [2.05, 4.69) is 0 Å². The SMILES string of the molecule is N#Cc1ccc(-c2ccc(Cl)cc2N)o1. The zero-order chi connectivity index (χ0) is 10.8. The highest BCUT2D eigenvalue weighted by molar-refractivity contribution is 6.31. The maximum absolute atomic E-state index is 8.62. The van der Waals surface area contributed by atoms with Crippen LogP contribution in [0.25, 0.3) is 11.3 Å². The molecule has 1 aromatic carbocycles.